The molecule has 0 amide bonds. The summed E-state index contributed by atoms with van der Waals surface area (Å²) in [6.07, 6.45) is 0. The molecule has 0 radical (unpaired) electrons. The summed E-state index contributed by atoms with van der Waals surface area (Å²) in [4.78, 5) is 14.6. The lowest BCUT2D eigenvalue weighted by molar-refractivity contribution is -0.384. The van der Waals surface area contributed by atoms with Gasteiger partial charge in [-0.15, -0.1) is 0 Å². The van der Waals surface area contributed by atoms with Crippen LogP contribution in [0, 0.1) is 17.0 Å². The van der Waals surface area contributed by atoms with Crippen LogP contribution >= 0.6 is 15.9 Å². The molecular formula is C14H9BrN2O3. The maximum absolute atomic E-state index is 10.7. The van der Waals surface area contributed by atoms with E-state index in [9.17, 15) is 10.1 Å². The Morgan fingerprint density at radius 1 is 1.25 bits per heavy atom. The van der Waals surface area contributed by atoms with E-state index in [4.69, 9.17) is 4.42 Å². The number of oxazole rings is 1. The number of hydrogen-bond donors (Lipinski definition) is 0. The molecule has 0 spiro atoms. The summed E-state index contributed by atoms with van der Waals surface area (Å²) in [6.45, 7) is 1.97. The van der Waals surface area contributed by atoms with Crippen molar-refractivity contribution >= 4 is 32.7 Å². The van der Waals surface area contributed by atoms with Crippen molar-refractivity contribution in [1.82, 2.24) is 4.98 Å². The van der Waals surface area contributed by atoms with Gasteiger partial charge in [-0.25, -0.2) is 4.98 Å². The molecule has 0 bridgehead atoms. The normalized spacial score (nSPS) is 10.9. The molecule has 0 N–H and O–H groups in total. The molecule has 3 aromatic rings. The zero-order valence-corrected chi connectivity index (χ0v) is 12.0. The van der Waals surface area contributed by atoms with Crippen molar-refractivity contribution in [2.75, 3.05) is 0 Å². The Balaban J connectivity index is 2.12. The van der Waals surface area contributed by atoms with Crippen molar-refractivity contribution < 1.29 is 9.34 Å². The number of halogens is 1. The second-order valence-electron chi connectivity index (χ2n) is 4.39. The molecule has 2 aromatic carbocycles. The Bertz CT molecular complexity index is 826. The van der Waals surface area contributed by atoms with E-state index < -0.39 is 4.92 Å². The van der Waals surface area contributed by atoms with Crippen LogP contribution in [-0.2, 0) is 0 Å². The molecule has 0 aliphatic heterocycles. The Kier molecular flexibility index (Phi) is 3.02. The summed E-state index contributed by atoms with van der Waals surface area (Å²) in [5.74, 6) is 0.455. The number of non-ortho nitro benzene ring substituents is 1. The highest BCUT2D eigenvalue weighted by Gasteiger charge is 2.13. The van der Waals surface area contributed by atoms with Crippen LogP contribution in [0.2, 0.25) is 0 Å². The van der Waals surface area contributed by atoms with Crippen molar-refractivity contribution in [2.45, 2.75) is 6.92 Å². The van der Waals surface area contributed by atoms with Crippen LogP contribution < -0.4 is 0 Å². The molecule has 0 unspecified atom stereocenters. The summed E-state index contributed by atoms with van der Waals surface area (Å²) in [7, 11) is 0. The highest BCUT2D eigenvalue weighted by Crippen LogP contribution is 2.29. The van der Waals surface area contributed by atoms with Crippen molar-refractivity contribution in [2.24, 2.45) is 0 Å². The second kappa shape index (κ2) is 4.72. The molecule has 5 nitrogen and oxygen atoms in total. The molecule has 100 valence electrons. The molecule has 6 heteroatoms. The molecule has 1 heterocycles. The van der Waals surface area contributed by atoms with Gasteiger partial charge in [0.2, 0.25) is 5.89 Å². The quantitative estimate of drug-likeness (QED) is 0.512. The van der Waals surface area contributed by atoms with E-state index in [-0.39, 0.29) is 5.69 Å². The van der Waals surface area contributed by atoms with E-state index in [2.05, 4.69) is 20.9 Å². The number of nitrogens with zero attached hydrogens (tertiary/aromatic N) is 2. The minimum absolute atomic E-state index is 0.00402. The van der Waals surface area contributed by atoms with Crippen molar-refractivity contribution in [3.63, 3.8) is 0 Å². The average Bonchev–Trinajstić information content (AvgIpc) is 2.84. The molecule has 3 rings (SSSR count). The van der Waals surface area contributed by atoms with Gasteiger partial charge >= 0.3 is 0 Å². The van der Waals surface area contributed by atoms with Gasteiger partial charge in [0.25, 0.3) is 5.69 Å². The van der Waals surface area contributed by atoms with Gasteiger partial charge in [-0.1, -0.05) is 15.9 Å². The summed E-state index contributed by atoms with van der Waals surface area (Å²) in [6, 6.07) is 10.1. The minimum atomic E-state index is -0.447. The van der Waals surface area contributed by atoms with E-state index in [0.29, 0.717) is 17.0 Å². The van der Waals surface area contributed by atoms with Gasteiger partial charge in [0.05, 0.1) is 4.92 Å². The predicted octanol–water partition coefficient (Wildman–Crippen LogP) is 4.47. The van der Waals surface area contributed by atoms with E-state index in [1.54, 1.807) is 6.07 Å². The van der Waals surface area contributed by atoms with Gasteiger partial charge in [-0.3, -0.25) is 10.1 Å². The van der Waals surface area contributed by atoms with Crippen LogP contribution in [0.25, 0.3) is 22.6 Å². The first-order valence-corrected chi connectivity index (χ1v) is 6.65. The highest BCUT2D eigenvalue weighted by atomic mass is 79.9. The van der Waals surface area contributed by atoms with Crippen LogP contribution in [-0.4, -0.2) is 9.91 Å². The second-order valence-corrected chi connectivity index (χ2v) is 5.25. The lowest BCUT2D eigenvalue weighted by Gasteiger charge is -1.99. The van der Waals surface area contributed by atoms with Crippen LogP contribution in [0.3, 0.4) is 0 Å². The monoisotopic (exact) mass is 332 g/mol. The fourth-order valence-corrected chi connectivity index (χ4v) is 2.18. The number of rotatable bonds is 2. The lowest BCUT2D eigenvalue weighted by atomic mass is 10.1. The lowest BCUT2D eigenvalue weighted by Crippen LogP contribution is -1.86. The maximum atomic E-state index is 10.7. The number of fused-ring (bicyclic) bond motifs is 1. The Labute approximate surface area is 122 Å². The SMILES string of the molecule is Cc1cc(-c2nc3cc([N+](=O)[O-])ccc3o2)ccc1Br. The first-order chi connectivity index (χ1) is 9.54. The fourth-order valence-electron chi connectivity index (χ4n) is 1.93. The summed E-state index contributed by atoms with van der Waals surface area (Å²) in [5.41, 5.74) is 2.92. The third kappa shape index (κ3) is 2.18. The van der Waals surface area contributed by atoms with Crippen molar-refractivity contribution in [3.05, 3.63) is 56.5 Å². The van der Waals surface area contributed by atoms with Crippen LogP contribution in [0.1, 0.15) is 5.56 Å². The van der Waals surface area contributed by atoms with Crippen molar-refractivity contribution in [1.29, 1.82) is 0 Å². The Hall–Kier alpha value is -2.21. The van der Waals surface area contributed by atoms with Crippen LogP contribution in [0.15, 0.2) is 45.3 Å². The number of nitro groups is 1. The van der Waals surface area contributed by atoms with Gasteiger partial charge in [0, 0.05) is 22.2 Å². The summed E-state index contributed by atoms with van der Waals surface area (Å²) >= 11 is 3.44. The summed E-state index contributed by atoms with van der Waals surface area (Å²) < 4.78 is 6.64. The largest absolute Gasteiger partial charge is 0.436 e. The Morgan fingerprint density at radius 3 is 2.75 bits per heavy atom. The number of aromatic nitrogens is 1. The Morgan fingerprint density at radius 2 is 2.05 bits per heavy atom. The van der Waals surface area contributed by atoms with Crippen LogP contribution in [0.4, 0.5) is 5.69 Å². The van der Waals surface area contributed by atoms with E-state index in [1.807, 2.05) is 25.1 Å². The predicted molar refractivity (Wildman–Crippen MR) is 78.5 cm³/mol. The van der Waals surface area contributed by atoms with Crippen LogP contribution in [0.5, 0.6) is 0 Å². The van der Waals surface area contributed by atoms with E-state index in [1.165, 1.54) is 12.1 Å². The van der Waals surface area contributed by atoms with Gasteiger partial charge in [-0.2, -0.15) is 0 Å². The summed E-state index contributed by atoms with van der Waals surface area (Å²) in [5, 5.41) is 10.7. The average molecular weight is 333 g/mol. The molecular weight excluding hydrogens is 324 g/mol. The molecule has 0 aliphatic rings. The fraction of sp³-hybridized carbons (Fsp3) is 0.0714. The number of benzene rings is 2. The smallest absolute Gasteiger partial charge is 0.271 e. The highest BCUT2D eigenvalue weighted by molar-refractivity contribution is 9.10. The molecule has 0 saturated carbocycles. The van der Waals surface area contributed by atoms with E-state index >= 15 is 0 Å². The number of nitro benzene ring substituents is 1. The minimum Gasteiger partial charge on any atom is -0.436 e. The molecule has 0 aliphatic carbocycles. The van der Waals surface area contributed by atoms with Gasteiger partial charge in [-0.05, 0) is 36.8 Å². The van der Waals surface area contributed by atoms with Gasteiger partial charge in [0.15, 0.2) is 5.58 Å². The molecule has 20 heavy (non-hydrogen) atoms. The third-order valence-corrected chi connectivity index (χ3v) is 3.88. The van der Waals surface area contributed by atoms with Crippen molar-refractivity contribution in [3.8, 4) is 11.5 Å². The third-order valence-electron chi connectivity index (χ3n) is 2.99. The molecule has 0 fully saturated rings. The first kappa shape index (κ1) is 12.8. The number of hydrogen-bond acceptors (Lipinski definition) is 4. The van der Waals surface area contributed by atoms with E-state index in [0.717, 1.165) is 15.6 Å². The molecule has 0 atom stereocenters. The zero-order chi connectivity index (χ0) is 14.3. The van der Waals surface area contributed by atoms with Gasteiger partial charge in [0.1, 0.15) is 5.52 Å². The number of aryl methyl sites for hydroxylation is 1. The standard InChI is InChI=1S/C14H9BrN2O3/c1-8-6-9(2-4-11(8)15)14-16-12-7-10(17(18)19)3-5-13(12)20-14/h2-7H,1H3. The maximum Gasteiger partial charge on any atom is 0.271 e. The topological polar surface area (TPSA) is 69.2 Å². The molecule has 0 saturated heterocycles. The zero-order valence-electron chi connectivity index (χ0n) is 10.5. The van der Waals surface area contributed by atoms with Gasteiger partial charge < -0.3 is 4.42 Å². The molecule has 1 aromatic heterocycles. The first-order valence-electron chi connectivity index (χ1n) is 5.86.